The molecule has 3 nitrogen and oxygen atoms in total. The van der Waals surface area contributed by atoms with E-state index in [2.05, 4.69) is 49.7 Å². The van der Waals surface area contributed by atoms with E-state index in [4.69, 9.17) is 0 Å². The van der Waals surface area contributed by atoms with Crippen LogP contribution in [0.1, 0.15) is 53.9 Å². The Kier molecular flexibility index (Phi) is 6.10. The van der Waals surface area contributed by atoms with Crippen molar-refractivity contribution in [3.63, 3.8) is 0 Å². The number of likely N-dealkylation sites (N-methyl/N-ethyl adjacent to an activating group) is 1. The minimum atomic E-state index is 0.438. The highest BCUT2D eigenvalue weighted by Gasteiger charge is 2.41. The molecule has 1 N–H and O–H groups in total. The van der Waals surface area contributed by atoms with Gasteiger partial charge in [0.1, 0.15) is 0 Å². The summed E-state index contributed by atoms with van der Waals surface area (Å²) in [6.07, 6.45) is 4.14. The number of hydrogen-bond acceptors (Lipinski definition) is 3. The maximum atomic E-state index is 3.81. The average molecular weight is 296 g/mol. The number of piperazine rings is 1. The first-order valence-corrected chi connectivity index (χ1v) is 9.14. The summed E-state index contributed by atoms with van der Waals surface area (Å²) in [5.41, 5.74) is 0.438. The van der Waals surface area contributed by atoms with Crippen LogP contribution in [-0.4, -0.2) is 61.2 Å². The minimum Gasteiger partial charge on any atom is -0.312 e. The highest BCUT2D eigenvalue weighted by atomic mass is 15.3. The van der Waals surface area contributed by atoms with Crippen LogP contribution in [0.25, 0.3) is 0 Å². The number of rotatable bonds is 5. The van der Waals surface area contributed by atoms with Crippen LogP contribution >= 0.6 is 0 Å². The molecule has 2 aliphatic rings. The fourth-order valence-corrected chi connectivity index (χ4v) is 4.43. The van der Waals surface area contributed by atoms with Gasteiger partial charge in [-0.25, -0.2) is 0 Å². The fourth-order valence-electron chi connectivity index (χ4n) is 4.43. The van der Waals surface area contributed by atoms with E-state index in [9.17, 15) is 0 Å². The van der Waals surface area contributed by atoms with E-state index in [1.807, 2.05) is 0 Å². The molecule has 0 radical (unpaired) electrons. The molecule has 1 saturated carbocycles. The first-order chi connectivity index (χ1) is 9.94. The van der Waals surface area contributed by atoms with Crippen LogP contribution in [0.5, 0.6) is 0 Å². The summed E-state index contributed by atoms with van der Waals surface area (Å²) in [4.78, 5) is 5.43. The maximum absolute atomic E-state index is 3.81. The summed E-state index contributed by atoms with van der Waals surface area (Å²) >= 11 is 0. The molecular weight excluding hydrogens is 258 g/mol. The summed E-state index contributed by atoms with van der Waals surface area (Å²) in [6.45, 7) is 19.2. The standard InChI is InChI=1S/C18H37N3/c1-6-19-17-16(8-7-9-18(17,4)5)21-12-10-20(11-13-21)14-15(2)3/h15-17,19H,6-14H2,1-5H3. The third kappa shape index (κ3) is 4.43. The van der Waals surface area contributed by atoms with Crippen molar-refractivity contribution in [3.05, 3.63) is 0 Å². The zero-order chi connectivity index (χ0) is 15.5. The SMILES string of the molecule is CCNC1C(N2CCN(CC(C)C)CC2)CCCC1(C)C. The third-order valence-electron chi connectivity index (χ3n) is 5.47. The second kappa shape index (κ2) is 7.43. The third-order valence-corrected chi connectivity index (χ3v) is 5.47. The van der Waals surface area contributed by atoms with E-state index in [0.717, 1.165) is 18.5 Å². The van der Waals surface area contributed by atoms with Crippen molar-refractivity contribution in [2.24, 2.45) is 11.3 Å². The maximum Gasteiger partial charge on any atom is 0.0274 e. The van der Waals surface area contributed by atoms with Gasteiger partial charge in [0.15, 0.2) is 0 Å². The van der Waals surface area contributed by atoms with E-state index in [1.54, 1.807) is 0 Å². The van der Waals surface area contributed by atoms with Crippen molar-refractivity contribution in [2.75, 3.05) is 39.3 Å². The summed E-state index contributed by atoms with van der Waals surface area (Å²) in [5, 5.41) is 3.81. The zero-order valence-electron chi connectivity index (χ0n) is 15.0. The van der Waals surface area contributed by atoms with Crippen LogP contribution in [0, 0.1) is 11.3 Å². The van der Waals surface area contributed by atoms with Gasteiger partial charge >= 0.3 is 0 Å². The highest BCUT2D eigenvalue weighted by molar-refractivity contribution is 4.98. The van der Waals surface area contributed by atoms with Crippen molar-refractivity contribution in [1.82, 2.24) is 15.1 Å². The smallest absolute Gasteiger partial charge is 0.0274 e. The van der Waals surface area contributed by atoms with Gasteiger partial charge in [0.05, 0.1) is 0 Å². The lowest BCUT2D eigenvalue weighted by Gasteiger charge is -2.50. The van der Waals surface area contributed by atoms with Crippen LogP contribution in [0.4, 0.5) is 0 Å². The molecule has 0 aromatic rings. The Bertz CT molecular complexity index is 306. The molecule has 0 aromatic carbocycles. The molecule has 2 unspecified atom stereocenters. The molecule has 2 rings (SSSR count). The molecule has 3 heteroatoms. The molecule has 0 amide bonds. The molecule has 2 atom stereocenters. The minimum absolute atomic E-state index is 0.438. The van der Waals surface area contributed by atoms with E-state index in [-0.39, 0.29) is 0 Å². The van der Waals surface area contributed by atoms with Gasteiger partial charge in [-0.1, -0.05) is 41.0 Å². The lowest BCUT2D eigenvalue weighted by molar-refractivity contribution is 0.0168. The van der Waals surface area contributed by atoms with Crippen LogP contribution < -0.4 is 5.32 Å². The number of nitrogens with one attached hydrogen (secondary N) is 1. The highest BCUT2D eigenvalue weighted by Crippen LogP contribution is 2.38. The van der Waals surface area contributed by atoms with Crippen LogP contribution in [0.2, 0.25) is 0 Å². The van der Waals surface area contributed by atoms with Crippen molar-refractivity contribution in [2.45, 2.75) is 66.0 Å². The van der Waals surface area contributed by atoms with Gasteiger partial charge in [0.2, 0.25) is 0 Å². The molecular formula is C18H37N3. The van der Waals surface area contributed by atoms with Crippen molar-refractivity contribution in [1.29, 1.82) is 0 Å². The van der Waals surface area contributed by atoms with E-state index < -0.39 is 0 Å². The van der Waals surface area contributed by atoms with Gasteiger partial charge in [-0.3, -0.25) is 4.90 Å². The average Bonchev–Trinajstić information content (AvgIpc) is 2.41. The molecule has 0 aromatic heterocycles. The van der Waals surface area contributed by atoms with Crippen LogP contribution in [0.3, 0.4) is 0 Å². The Morgan fingerprint density at radius 1 is 1.14 bits per heavy atom. The summed E-state index contributed by atoms with van der Waals surface area (Å²) in [6, 6.07) is 1.41. The first kappa shape index (κ1) is 17.2. The molecule has 0 bridgehead atoms. The molecule has 21 heavy (non-hydrogen) atoms. The quantitative estimate of drug-likeness (QED) is 0.841. The van der Waals surface area contributed by atoms with Gasteiger partial charge in [0.25, 0.3) is 0 Å². The Morgan fingerprint density at radius 2 is 1.81 bits per heavy atom. The van der Waals surface area contributed by atoms with Crippen LogP contribution in [-0.2, 0) is 0 Å². The number of hydrogen-bond donors (Lipinski definition) is 1. The lowest BCUT2D eigenvalue weighted by Crippen LogP contribution is -2.62. The topological polar surface area (TPSA) is 18.5 Å². The molecule has 1 heterocycles. The normalized spacial score (nSPS) is 31.7. The van der Waals surface area contributed by atoms with E-state index in [0.29, 0.717) is 11.5 Å². The predicted octanol–water partition coefficient (Wildman–Crippen LogP) is 2.82. The zero-order valence-corrected chi connectivity index (χ0v) is 15.0. The van der Waals surface area contributed by atoms with Gasteiger partial charge < -0.3 is 10.2 Å². The number of nitrogens with zero attached hydrogens (tertiary/aromatic N) is 2. The Balaban J connectivity index is 1.94. The first-order valence-electron chi connectivity index (χ1n) is 9.14. The van der Waals surface area contributed by atoms with Gasteiger partial charge in [-0.05, 0) is 30.7 Å². The molecule has 1 saturated heterocycles. The van der Waals surface area contributed by atoms with E-state index >= 15 is 0 Å². The molecule has 2 fully saturated rings. The second-order valence-corrected chi connectivity index (χ2v) is 8.21. The van der Waals surface area contributed by atoms with Gasteiger partial charge in [-0.15, -0.1) is 0 Å². The van der Waals surface area contributed by atoms with E-state index in [1.165, 1.54) is 52.0 Å². The molecule has 124 valence electrons. The summed E-state index contributed by atoms with van der Waals surface area (Å²) < 4.78 is 0. The van der Waals surface area contributed by atoms with Crippen LogP contribution in [0.15, 0.2) is 0 Å². The monoisotopic (exact) mass is 295 g/mol. The lowest BCUT2D eigenvalue weighted by atomic mass is 9.70. The summed E-state index contributed by atoms with van der Waals surface area (Å²) in [7, 11) is 0. The second-order valence-electron chi connectivity index (χ2n) is 8.21. The van der Waals surface area contributed by atoms with Gasteiger partial charge in [0, 0.05) is 44.8 Å². The summed E-state index contributed by atoms with van der Waals surface area (Å²) in [5.74, 6) is 0.791. The fraction of sp³-hybridized carbons (Fsp3) is 1.00. The van der Waals surface area contributed by atoms with Crippen molar-refractivity contribution in [3.8, 4) is 0 Å². The van der Waals surface area contributed by atoms with Gasteiger partial charge in [-0.2, -0.15) is 0 Å². The van der Waals surface area contributed by atoms with Crippen molar-refractivity contribution >= 4 is 0 Å². The Labute approximate surface area is 132 Å². The molecule has 0 spiro atoms. The largest absolute Gasteiger partial charge is 0.312 e. The molecule has 1 aliphatic heterocycles. The molecule has 1 aliphatic carbocycles. The Hall–Kier alpha value is -0.120. The predicted molar refractivity (Wildman–Crippen MR) is 91.7 cm³/mol. The Morgan fingerprint density at radius 3 is 2.38 bits per heavy atom. The van der Waals surface area contributed by atoms with Crippen molar-refractivity contribution < 1.29 is 0 Å².